The number of amides is 2. The first-order valence-corrected chi connectivity index (χ1v) is 6.40. The number of carbonyl (C=O) groups is 2. The summed E-state index contributed by atoms with van der Waals surface area (Å²) in [7, 11) is 3.72. The zero-order valence-corrected chi connectivity index (χ0v) is 11.6. The van der Waals surface area contributed by atoms with Crippen LogP contribution < -0.4 is 15.5 Å². The number of benzene rings is 1. The highest BCUT2D eigenvalue weighted by molar-refractivity contribution is 6.34. The summed E-state index contributed by atoms with van der Waals surface area (Å²) < 4.78 is 0. The lowest BCUT2D eigenvalue weighted by Crippen LogP contribution is -2.25. The Balaban J connectivity index is 2.17. The van der Waals surface area contributed by atoms with Gasteiger partial charge in [0.05, 0.1) is 22.3 Å². The quantitative estimate of drug-likeness (QED) is 0.882. The molecule has 6 heteroatoms. The molecule has 0 spiro atoms. The monoisotopic (exact) mass is 281 g/mol. The van der Waals surface area contributed by atoms with Crippen molar-refractivity contribution < 1.29 is 9.59 Å². The fourth-order valence-electron chi connectivity index (χ4n) is 2.10. The van der Waals surface area contributed by atoms with Crippen molar-refractivity contribution in [2.75, 3.05) is 30.9 Å². The standard InChI is InChI=1S/C13H16ClN3O2/c1-17(2)12-9(14)4-3-5-10(12)16-13(19)8-6-11(18)15-7-8/h3-5,8H,6-7H2,1-2H3,(H,15,18)(H,16,19). The molecule has 102 valence electrons. The lowest BCUT2D eigenvalue weighted by Gasteiger charge is -2.20. The summed E-state index contributed by atoms with van der Waals surface area (Å²) in [6, 6.07) is 5.35. The molecule has 1 saturated heterocycles. The maximum atomic E-state index is 12.1. The van der Waals surface area contributed by atoms with Crippen LogP contribution in [0.4, 0.5) is 11.4 Å². The van der Waals surface area contributed by atoms with Crippen LogP contribution >= 0.6 is 11.6 Å². The predicted octanol–water partition coefficient (Wildman–Crippen LogP) is 1.48. The summed E-state index contributed by atoms with van der Waals surface area (Å²) in [4.78, 5) is 25.0. The fourth-order valence-corrected chi connectivity index (χ4v) is 2.44. The van der Waals surface area contributed by atoms with E-state index >= 15 is 0 Å². The Kier molecular flexibility index (Phi) is 3.95. The molecule has 2 amide bonds. The van der Waals surface area contributed by atoms with Crippen LogP contribution in [0.2, 0.25) is 5.02 Å². The molecule has 5 nitrogen and oxygen atoms in total. The molecule has 0 bridgehead atoms. The van der Waals surface area contributed by atoms with E-state index in [9.17, 15) is 9.59 Å². The van der Waals surface area contributed by atoms with E-state index < -0.39 is 0 Å². The first kappa shape index (κ1) is 13.7. The molecule has 2 rings (SSSR count). The number of nitrogens with zero attached hydrogens (tertiary/aromatic N) is 1. The zero-order valence-electron chi connectivity index (χ0n) is 10.9. The highest BCUT2D eigenvalue weighted by atomic mass is 35.5. The molecule has 1 unspecified atom stereocenters. The van der Waals surface area contributed by atoms with Gasteiger partial charge in [0.2, 0.25) is 11.8 Å². The van der Waals surface area contributed by atoms with Crippen LogP contribution in [0.3, 0.4) is 0 Å². The number of halogens is 1. The van der Waals surface area contributed by atoms with Crippen molar-refractivity contribution in [2.24, 2.45) is 5.92 Å². The fraction of sp³-hybridized carbons (Fsp3) is 0.385. The normalized spacial score (nSPS) is 18.1. The van der Waals surface area contributed by atoms with Gasteiger partial charge in [-0.15, -0.1) is 0 Å². The minimum atomic E-state index is -0.318. The third-order valence-electron chi connectivity index (χ3n) is 3.04. The number of para-hydroxylation sites is 1. The van der Waals surface area contributed by atoms with Crippen LogP contribution in [0, 0.1) is 5.92 Å². The summed E-state index contributed by atoms with van der Waals surface area (Å²) in [5, 5.41) is 6.06. The Labute approximate surface area is 116 Å². The van der Waals surface area contributed by atoms with Gasteiger partial charge in [-0.1, -0.05) is 17.7 Å². The number of anilines is 2. The maximum absolute atomic E-state index is 12.1. The van der Waals surface area contributed by atoms with Crippen molar-refractivity contribution in [1.82, 2.24) is 5.32 Å². The Morgan fingerprint density at radius 3 is 2.79 bits per heavy atom. The molecule has 0 saturated carbocycles. The van der Waals surface area contributed by atoms with E-state index in [2.05, 4.69) is 10.6 Å². The highest BCUT2D eigenvalue weighted by Gasteiger charge is 2.28. The van der Waals surface area contributed by atoms with E-state index in [0.29, 0.717) is 17.3 Å². The van der Waals surface area contributed by atoms with E-state index in [4.69, 9.17) is 11.6 Å². The van der Waals surface area contributed by atoms with Crippen LogP contribution in [-0.4, -0.2) is 32.5 Å². The molecule has 0 aliphatic carbocycles. The van der Waals surface area contributed by atoms with Gasteiger partial charge < -0.3 is 15.5 Å². The minimum absolute atomic E-state index is 0.0842. The molecule has 2 N–H and O–H groups in total. The third kappa shape index (κ3) is 2.98. The Morgan fingerprint density at radius 1 is 1.47 bits per heavy atom. The van der Waals surface area contributed by atoms with Gasteiger partial charge in [0, 0.05) is 27.1 Å². The first-order valence-electron chi connectivity index (χ1n) is 6.02. The van der Waals surface area contributed by atoms with Crippen LogP contribution in [0.5, 0.6) is 0 Å². The topological polar surface area (TPSA) is 61.4 Å². The largest absolute Gasteiger partial charge is 0.375 e. The highest BCUT2D eigenvalue weighted by Crippen LogP contribution is 2.32. The van der Waals surface area contributed by atoms with E-state index in [1.165, 1.54) is 0 Å². The molecular formula is C13H16ClN3O2. The van der Waals surface area contributed by atoms with Gasteiger partial charge in [-0.3, -0.25) is 9.59 Å². The van der Waals surface area contributed by atoms with Crippen LogP contribution in [0.15, 0.2) is 18.2 Å². The smallest absolute Gasteiger partial charge is 0.229 e. The van der Waals surface area contributed by atoms with Crippen molar-refractivity contribution in [3.05, 3.63) is 23.2 Å². The third-order valence-corrected chi connectivity index (χ3v) is 3.35. The zero-order chi connectivity index (χ0) is 14.0. The SMILES string of the molecule is CN(C)c1c(Cl)cccc1NC(=O)C1CNC(=O)C1. The van der Waals surface area contributed by atoms with Gasteiger partial charge in [0.1, 0.15) is 0 Å². The Morgan fingerprint density at radius 2 is 2.21 bits per heavy atom. The summed E-state index contributed by atoms with van der Waals surface area (Å²) in [5.74, 6) is -0.565. The molecule has 1 heterocycles. The number of carbonyl (C=O) groups excluding carboxylic acids is 2. The number of nitrogens with one attached hydrogen (secondary N) is 2. The lowest BCUT2D eigenvalue weighted by atomic mass is 10.1. The Bertz CT molecular complexity index is 517. The average Bonchev–Trinajstić information content (AvgIpc) is 2.75. The van der Waals surface area contributed by atoms with Gasteiger partial charge in [-0.05, 0) is 12.1 Å². The van der Waals surface area contributed by atoms with E-state index in [0.717, 1.165) is 5.69 Å². The van der Waals surface area contributed by atoms with E-state index in [1.807, 2.05) is 19.0 Å². The Hall–Kier alpha value is -1.75. The van der Waals surface area contributed by atoms with Gasteiger partial charge in [0.25, 0.3) is 0 Å². The lowest BCUT2D eigenvalue weighted by molar-refractivity contribution is -0.123. The maximum Gasteiger partial charge on any atom is 0.229 e. The van der Waals surface area contributed by atoms with Crippen molar-refractivity contribution in [1.29, 1.82) is 0 Å². The van der Waals surface area contributed by atoms with Crippen molar-refractivity contribution in [2.45, 2.75) is 6.42 Å². The average molecular weight is 282 g/mol. The molecular weight excluding hydrogens is 266 g/mol. The molecule has 1 atom stereocenters. The summed E-state index contributed by atoms with van der Waals surface area (Å²) in [6.45, 7) is 0.391. The molecule has 1 aliphatic rings. The van der Waals surface area contributed by atoms with Gasteiger partial charge in [-0.2, -0.15) is 0 Å². The number of hydrogen-bond donors (Lipinski definition) is 2. The van der Waals surface area contributed by atoms with Gasteiger partial charge in [0.15, 0.2) is 0 Å². The van der Waals surface area contributed by atoms with Crippen molar-refractivity contribution in [3.63, 3.8) is 0 Å². The number of rotatable bonds is 3. The first-order chi connectivity index (χ1) is 8.99. The predicted molar refractivity (Wildman–Crippen MR) is 75.5 cm³/mol. The summed E-state index contributed by atoms with van der Waals surface area (Å²) in [6.07, 6.45) is 0.240. The second-order valence-corrected chi connectivity index (χ2v) is 5.13. The molecule has 1 aliphatic heterocycles. The molecule has 1 fully saturated rings. The molecule has 0 aromatic heterocycles. The minimum Gasteiger partial charge on any atom is -0.375 e. The molecule has 0 radical (unpaired) electrons. The molecule has 1 aromatic carbocycles. The summed E-state index contributed by atoms with van der Waals surface area (Å²) in [5.41, 5.74) is 1.41. The summed E-state index contributed by atoms with van der Waals surface area (Å²) >= 11 is 6.13. The second kappa shape index (κ2) is 5.48. The van der Waals surface area contributed by atoms with E-state index in [-0.39, 0.29) is 24.2 Å². The van der Waals surface area contributed by atoms with Crippen molar-refractivity contribution >= 4 is 34.8 Å². The van der Waals surface area contributed by atoms with E-state index in [1.54, 1.807) is 18.2 Å². The van der Waals surface area contributed by atoms with Crippen molar-refractivity contribution in [3.8, 4) is 0 Å². The number of hydrogen-bond acceptors (Lipinski definition) is 3. The molecule has 19 heavy (non-hydrogen) atoms. The second-order valence-electron chi connectivity index (χ2n) is 4.72. The molecule has 1 aromatic rings. The van der Waals surface area contributed by atoms with Crippen LogP contribution in [0.25, 0.3) is 0 Å². The van der Waals surface area contributed by atoms with Crippen LogP contribution in [-0.2, 0) is 9.59 Å². The van der Waals surface area contributed by atoms with Gasteiger partial charge >= 0.3 is 0 Å². The van der Waals surface area contributed by atoms with Crippen LogP contribution in [0.1, 0.15) is 6.42 Å². The van der Waals surface area contributed by atoms with Gasteiger partial charge in [-0.25, -0.2) is 0 Å².